The molecule has 0 spiro atoms. The molecular formula is C30H29NO2. The summed E-state index contributed by atoms with van der Waals surface area (Å²) >= 11 is 0. The highest BCUT2D eigenvalue weighted by Gasteiger charge is 2.49. The van der Waals surface area contributed by atoms with E-state index in [9.17, 15) is 9.90 Å². The van der Waals surface area contributed by atoms with Crippen molar-refractivity contribution in [2.45, 2.75) is 56.5 Å². The molecular weight excluding hydrogens is 406 g/mol. The molecule has 1 N–H and O–H groups in total. The molecule has 1 saturated carbocycles. The summed E-state index contributed by atoms with van der Waals surface area (Å²) in [5.74, 6) is 0.0635. The lowest BCUT2D eigenvalue weighted by Gasteiger charge is -2.43. The summed E-state index contributed by atoms with van der Waals surface area (Å²) in [6.45, 7) is 2.04. The van der Waals surface area contributed by atoms with Gasteiger partial charge < -0.3 is 5.11 Å². The van der Waals surface area contributed by atoms with Gasteiger partial charge in [-0.2, -0.15) is 0 Å². The lowest BCUT2D eigenvalue weighted by atomic mass is 9.66. The van der Waals surface area contributed by atoms with Crippen LogP contribution in [0.1, 0.15) is 55.8 Å². The van der Waals surface area contributed by atoms with Crippen molar-refractivity contribution in [2.24, 2.45) is 0 Å². The van der Waals surface area contributed by atoms with Crippen molar-refractivity contribution in [3.05, 3.63) is 84.4 Å². The van der Waals surface area contributed by atoms with Gasteiger partial charge in [0, 0.05) is 16.5 Å². The molecule has 33 heavy (non-hydrogen) atoms. The van der Waals surface area contributed by atoms with Gasteiger partial charge in [-0.3, -0.25) is 9.36 Å². The van der Waals surface area contributed by atoms with E-state index in [4.69, 9.17) is 0 Å². The first-order valence-corrected chi connectivity index (χ1v) is 12.1. The highest BCUT2D eigenvalue weighted by molar-refractivity contribution is 6.14. The highest BCUT2D eigenvalue weighted by atomic mass is 16.3. The third-order valence-electron chi connectivity index (χ3n) is 7.86. The van der Waals surface area contributed by atoms with Gasteiger partial charge in [0.15, 0.2) is 0 Å². The lowest BCUT2D eigenvalue weighted by molar-refractivity contribution is -0.0206. The summed E-state index contributed by atoms with van der Waals surface area (Å²) in [7, 11) is 0. The molecule has 6 rings (SSSR count). The second kappa shape index (κ2) is 7.43. The molecule has 3 aromatic carbocycles. The molecule has 3 nitrogen and oxygen atoms in total. The van der Waals surface area contributed by atoms with E-state index >= 15 is 0 Å². The van der Waals surface area contributed by atoms with Gasteiger partial charge in [0.25, 0.3) is 0 Å². The van der Waals surface area contributed by atoms with Gasteiger partial charge >= 0.3 is 0 Å². The largest absolute Gasteiger partial charge is 0.390 e. The first-order chi connectivity index (χ1) is 16.0. The maximum Gasteiger partial charge on any atom is 0.242 e. The van der Waals surface area contributed by atoms with Crippen molar-refractivity contribution in [1.29, 1.82) is 0 Å². The molecule has 1 atom stereocenters. The van der Waals surface area contributed by atoms with Gasteiger partial charge in [-0.05, 0) is 43.4 Å². The quantitative estimate of drug-likeness (QED) is 0.377. The van der Waals surface area contributed by atoms with Gasteiger partial charge in [0.2, 0.25) is 5.91 Å². The number of para-hydroxylation sites is 1. The molecule has 166 valence electrons. The summed E-state index contributed by atoms with van der Waals surface area (Å²) in [6, 6.07) is 26.9. The lowest BCUT2D eigenvalue weighted by Crippen LogP contribution is -2.47. The molecule has 2 heterocycles. The fourth-order valence-electron chi connectivity index (χ4n) is 6.35. The van der Waals surface area contributed by atoms with Gasteiger partial charge in [0.1, 0.15) is 0 Å². The number of fused-ring (bicyclic) bond motifs is 5. The maximum atomic E-state index is 14.4. The van der Waals surface area contributed by atoms with Crippen LogP contribution >= 0.6 is 0 Å². The molecule has 0 amide bonds. The smallest absolute Gasteiger partial charge is 0.242 e. The first-order valence-electron chi connectivity index (χ1n) is 12.1. The Kier molecular flexibility index (Phi) is 4.60. The molecule has 1 aliphatic heterocycles. The Morgan fingerprint density at radius 3 is 2.30 bits per heavy atom. The average molecular weight is 436 g/mol. The van der Waals surface area contributed by atoms with Crippen LogP contribution in [0, 0.1) is 0 Å². The van der Waals surface area contributed by atoms with Gasteiger partial charge in [0.05, 0.1) is 22.2 Å². The van der Waals surface area contributed by atoms with E-state index in [-0.39, 0.29) is 5.91 Å². The molecule has 0 bridgehead atoms. The number of aromatic nitrogens is 1. The van der Waals surface area contributed by atoms with Crippen LogP contribution in [0.4, 0.5) is 0 Å². The Morgan fingerprint density at radius 1 is 0.848 bits per heavy atom. The SMILES string of the molecule is C[C@]1(CC2(O)CCCCC2)C(=O)n2c(c(-c3ccccc3)c3ccccc32)-c2ccccc21. The van der Waals surface area contributed by atoms with Crippen LogP contribution in [0.15, 0.2) is 78.9 Å². The molecule has 1 aliphatic carbocycles. The van der Waals surface area contributed by atoms with Crippen LogP contribution in [0.5, 0.6) is 0 Å². The van der Waals surface area contributed by atoms with E-state index in [1.54, 1.807) is 0 Å². The summed E-state index contributed by atoms with van der Waals surface area (Å²) in [5, 5.41) is 12.6. The fraction of sp³-hybridized carbons (Fsp3) is 0.300. The standard InChI is InChI=1S/C30H29NO2/c1-29(20-30(33)18-10-3-11-19-30)24-16-8-6-14-22(24)27-26(21-12-4-2-5-13-21)23-15-7-9-17-25(23)31(27)28(29)32/h2,4-9,12-17,33H,3,10-11,18-20H2,1H3/t29-/m1/s1. The number of carbonyl (C=O) groups excluding carboxylic acids is 1. The third kappa shape index (κ3) is 3.02. The summed E-state index contributed by atoms with van der Waals surface area (Å²) in [6.07, 6.45) is 5.22. The Bertz CT molecular complexity index is 1360. The number of nitrogens with zero attached hydrogens (tertiary/aromatic N) is 1. The minimum absolute atomic E-state index is 0.0635. The predicted octanol–water partition coefficient (Wildman–Crippen LogP) is 6.97. The van der Waals surface area contributed by atoms with Crippen LogP contribution < -0.4 is 0 Å². The average Bonchev–Trinajstić information content (AvgIpc) is 3.19. The van der Waals surface area contributed by atoms with Crippen LogP contribution in [0.2, 0.25) is 0 Å². The molecule has 2 aliphatic rings. The molecule has 3 heteroatoms. The van der Waals surface area contributed by atoms with E-state index < -0.39 is 11.0 Å². The van der Waals surface area contributed by atoms with Crippen molar-refractivity contribution < 1.29 is 9.90 Å². The number of hydrogen-bond donors (Lipinski definition) is 1. The molecule has 1 fully saturated rings. The van der Waals surface area contributed by atoms with Gasteiger partial charge in [-0.15, -0.1) is 0 Å². The first kappa shape index (κ1) is 20.4. The number of hydrogen-bond acceptors (Lipinski definition) is 2. The van der Waals surface area contributed by atoms with Gasteiger partial charge in [-0.25, -0.2) is 0 Å². The third-order valence-corrected chi connectivity index (χ3v) is 7.86. The van der Waals surface area contributed by atoms with E-state index in [0.29, 0.717) is 6.42 Å². The van der Waals surface area contributed by atoms with Crippen LogP contribution in [-0.4, -0.2) is 21.2 Å². The molecule has 0 saturated heterocycles. The summed E-state index contributed by atoms with van der Waals surface area (Å²) in [4.78, 5) is 14.4. The summed E-state index contributed by atoms with van der Waals surface area (Å²) < 4.78 is 1.94. The van der Waals surface area contributed by atoms with Crippen molar-refractivity contribution >= 4 is 16.8 Å². The number of carbonyl (C=O) groups is 1. The second-order valence-corrected chi connectivity index (χ2v) is 10.1. The van der Waals surface area contributed by atoms with Crippen LogP contribution in [0.25, 0.3) is 33.3 Å². The van der Waals surface area contributed by atoms with Crippen molar-refractivity contribution in [3.8, 4) is 22.4 Å². The van der Waals surface area contributed by atoms with E-state index in [1.165, 1.54) is 0 Å². The highest BCUT2D eigenvalue weighted by Crippen LogP contribution is 2.51. The number of aliphatic hydroxyl groups is 1. The van der Waals surface area contributed by atoms with E-state index in [0.717, 1.165) is 71.0 Å². The number of rotatable bonds is 3. The topological polar surface area (TPSA) is 42.2 Å². The zero-order chi connectivity index (χ0) is 22.6. The van der Waals surface area contributed by atoms with Gasteiger partial charge in [-0.1, -0.05) is 92.1 Å². The molecule has 1 aromatic heterocycles. The maximum absolute atomic E-state index is 14.4. The second-order valence-electron chi connectivity index (χ2n) is 10.1. The van der Waals surface area contributed by atoms with Crippen LogP contribution in [-0.2, 0) is 5.41 Å². The molecule has 4 aromatic rings. The van der Waals surface area contributed by atoms with Crippen molar-refractivity contribution in [1.82, 2.24) is 4.57 Å². The Labute approximate surface area is 194 Å². The minimum Gasteiger partial charge on any atom is -0.390 e. The van der Waals surface area contributed by atoms with Crippen molar-refractivity contribution in [3.63, 3.8) is 0 Å². The Morgan fingerprint density at radius 2 is 1.52 bits per heavy atom. The monoisotopic (exact) mass is 435 g/mol. The van der Waals surface area contributed by atoms with E-state index in [2.05, 4.69) is 36.4 Å². The van der Waals surface area contributed by atoms with Crippen molar-refractivity contribution in [2.75, 3.05) is 0 Å². The molecule has 0 unspecified atom stereocenters. The number of benzene rings is 3. The Balaban J connectivity index is 1.64. The zero-order valence-electron chi connectivity index (χ0n) is 19.1. The zero-order valence-corrected chi connectivity index (χ0v) is 19.1. The predicted molar refractivity (Wildman–Crippen MR) is 133 cm³/mol. The summed E-state index contributed by atoms with van der Waals surface area (Å²) in [5.41, 5.74) is 4.66. The normalized spacial score (nSPS) is 21.6. The Hall–Kier alpha value is -3.17. The van der Waals surface area contributed by atoms with E-state index in [1.807, 2.05) is 54.0 Å². The fourth-order valence-corrected chi connectivity index (χ4v) is 6.35. The minimum atomic E-state index is -0.793. The van der Waals surface area contributed by atoms with Crippen LogP contribution in [0.3, 0.4) is 0 Å². The molecule has 0 radical (unpaired) electrons.